The molecule has 1 atom stereocenters. The van der Waals surface area contributed by atoms with Gasteiger partial charge in [-0.2, -0.15) is 0 Å². The number of rotatable bonds is 4. The summed E-state index contributed by atoms with van der Waals surface area (Å²) in [7, 11) is 0. The van der Waals surface area contributed by atoms with E-state index in [0.717, 1.165) is 6.92 Å². The largest absolute Gasteiger partial charge is 0.442 e. The summed E-state index contributed by atoms with van der Waals surface area (Å²) in [5.41, 5.74) is 0.631. The van der Waals surface area contributed by atoms with Crippen molar-refractivity contribution in [2.75, 3.05) is 0 Å². The highest BCUT2D eigenvalue weighted by Gasteiger charge is 2.28. The van der Waals surface area contributed by atoms with Gasteiger partial charge in [-0.15, -0.1) is 0 Å². The van der Waals surface area contributed by atoms with Crippen LogP contribution in [0.4, 0.5) is 0 Å². The molecule has 0 heterocycles. The molecule has 0 aliphatic heterocycles. The van der Waals surface area contributed by atoms with Crippen molar-refractivity contribution >= 4 is 29.5 Å². The van der Waals surface area contributed by atoms with Gasteiger partial charge in [0.05, 0.1) is 5.56 Å². The average Bonchev–Trinajstić information content (AvgIpc) is 2.53. The van der Waals surface area contributed by atoms with E-state index in [0.29, 0.717) is 10.6 Å². The first-order chi connectivity index (χ1) is 11.0. The van der Waals surface area contributed by atoms with Gasteiger partial charge in [-0.05, 0) is 24.3 Å². The lowest BCUT2D eigenvalue weighted by atomic mass is 10.1. The van der Waals surface area contributed by atoms with Crippen molar-refractivity contribution in [2.45, 2.75) is 13.0 Å². The van der Waals surface area contributed by atoms with Crippen LogP contribution in [0.5, 0.6) is 0 Å². The summed E-state index contributed by atoms with van der Waals surface area (Å²) >= 11 is 5.76. The van der Waals surface area contributed by atoms with Crippen molar-refractivity contribution in [1.29, 1.82) is 0 Å². The predicted molar refractivity (Wildman–Crippen MR) is 82.8 cm³/mol. The van der Waals surface area contributed by atoms with Crippen LogP contribution < -0.4 is 0 Å². The van der Waals surface area contributed by atoms with Crippen LogP contribution in [0.1, 0.15) is 28.9 Å². The van der Waals surface area contributed by atoms with E-state index in [2.05, 4.69) is 4.74 Å². The lowest BCUT2D eigenvalue weighted by Gasteiger charge is -2.16. The van der Waals surface area contributed by atoms with E-state index in [-0.39, 0.29) is 5.56 Å². The van der Waals surface area contributed by atoms with Crippen LogP contribution in [-0.4, -0.2) is 17.9 Å². The number of carbonyl (C=O) groups excluding carboxylic acids is 3. The third-order valence-electron chi connectivity index (χ3n) is 2.87. The van der Waals surface area contributed by atoms with Crippen molar-refractivity contribution in [1.82, 2.24) is 0 Å². The molecule has 2 rings (SSSR count). The summed E-state index contributed by atoms with van der Waals surface area (Å²) in [4.78, 5) is 35.2. The van der Waals surface area contributed by atoms with Crippen LogP contribution >= 0.6 is 11.6 Å². The van der Waals surface area contributed by atoms with Crippen LogP contribution in [0.3, 0.4) is 0 Å². The van der Waals surface area contributed by atoms with E-state index in [1.807, 2.05) is 0 Å². The molecule has 0 spiro atoms. The van der Waals surface area contributed by atoms with Gasteiger partial charge in [0.25, 0.3) is 0 Å². The number of carbonyl (C=O) groups is 3. The zero-order chi connectivity index (χ0) is 16.8. The normalized spacial score (nSPS) is 11.4. The van der Waals surface area contributed by atoms with Crippen LogP contribution in [0, 0.1) is 0 Å². The summed E-state index contributed by atoms with van der Waals surface area (Å²) < 4.78 is 9.76. The molecule has 5 nitrogen and oxygen atoms in total. The maximum Gasteiger partial charge on any atom is 0.359 e. The van der Waals surface area contributed by atoms with Gasteiger partial charge >= 0.3 is 17.9 Å². The third-order valence-corrected chi connectivity index (χ3v) is 3.12. The smallest absolute Gasteiger partial charge is 0.359 e. The molecule has 0 fully saturated rings. The van der Waals surface area contributed by atoms with Gasteiger partial charge in [-0.1, -0.05) is 41.9 Å². The molecular weight excluding hydrogens is 320 g/mol. The highest BCUT2D eigenvalue weighted by atomic mass is 35.5. The van der Waals surface area contributed by atoms with E-state index in [9.17, 15) is 14.4 Å². The zero-order valence-electron chi connectivity index (χ0n) is 12.2. The van der Waals surface area contributed by atoms with Crippen LogP contribution in [0.15, 0.2) is 54.6 Å². The molecule has 1 unspecified atom stereocenters. The molecule has 0 N–H and O–H groups in total. The minimum absolute atomic E-state index is 0.228. The molecule has 0 aliphatic carbocycles. The lowest BCUT2D eigenvalue weighted by molar-refractivity contribution is -0.165. The predicted octanol–water partition coefficient (Wildman–Crippen LogP) is 3.33. The standard InChI is InChI=1S/C17H13ClO5/c1-11(19)22-17(21)15(12-5-3-2-4-6-12)23-16(20)13-7-9-14(18)10-8-13/h2-10,15H,1H3. The summed E-state index contributed by atoms with van der Waals surface area (Å²) in [6.45, 7) is 1.10. The highest BCUT2D eigenvalue weighted by molar-refractivity contribution is 6.30. The zero-order valence-corrected chi connectivity index (χ0v) is 12.9. The van der Waals surface area contributed by atoms with Crippen LogP contribution in [-0.2, 0) is 19.1 Å². The molecule has 118 valence electrons. The Morgan fingerprint density at radius 2 is 1.57 bits per heavy atom. The van der Waals surface area contributed by atoms with E-state index >= 15 is 0 Å². The number of halogens is 1. The van der Waals surface area contributed by atoms with Gasteiger partial charge in [0, 0.05) is 17.5 Å². The second-order valence-electron chi connectivity index (χ2n) is 4.62. The number of ether oxygens (including phenoxy) is 2. The molecule has 2 aromatic rings. The Morgan fingerprint density at radius 3 is 2.13 bits per heavy atom. The minimum atomic E-state index is -1.33. The first-order valence-electron chi connectivity index (χ1n) is 6.71. The quantitative estimate of drug-likeness (QED) is 0.634. The maximum atomic E-state index is 12.2. The first kappa shape index (κ1) is 16.7. The van der Waals surface area contributed by atoms with Gasteiger partial charge in [0.15, 0.2) is 0 Å². The van der Waals surface area contributed by atoms with E-state index in [1.54, 1.807) is 30.3 Å². The van der Waals surface area contributed by atoms with Gasteiger partial charge in [0.2, 0.25) is 6.10 Å². The molecule has 0 amide bonds. The number of esters is 3. The van der Waals surface area contributed by atoms with Gasteiger partial charge in [-0.25, -0.2) is 9.59 Å². The van der Waals surface area contributed by atoms with Crippen molar-refractivity contribution in [3.63, 3.8) is 0 Å². The Labute approximate surface area is 137 Å². The lowest BCUT2D eigenvalue weighted by Crippen LogP contribution is -2.23. The molecule has 23 heavy (non-hydrogen) atoms. The van der Waals surface area contributed by atoms with Gasteiger partial charge in [-0.3, -0.25) is 4.79 Å². The van der Waals surface area contributed by atoms with Crippen LogP contribution in [0.25, 0.3) is 0 Å². The minimum Gasteiger partial charge on any atom is -0.442 e. The Morgan fingerprint density at radius 1 is 0.957 bits per heavy atom. The maximum absolute atomic E-state index is 12.2. The average molecular weight is 333 g/mol. The molecule has 0 saturated heterocycles. The van der Waals surface area contributed by atoms with Gasteiger partial charge < -0.3 is 9.47 Å². The molecule has 0 bridgehead atoms. The Bertz CT molecular complexity index is 710. The van der Waals surface area contributed by atoms with Crippen LogP contribution in [0.2, 0.25) is 5.02 Å². The topological polar surface area (TPSA) is 69.7 Å². The fourth-order valence-corrected chi connectivity index (χ4v) is 1.96. The van der Waals surface area contributed by atoms with Crippen molar-refractivity contribution < 1.29 is 23.9 Å². The van der Waals surface area contributed by atoms with E-state index in [4.69, 9.17) is 16.3 Å². The Balaban J connectivity index is 2.23. The monoisotopic (exact) mass is 332 g/mol. The molecule has 2 aromatic carbocycles. The molecule has 6 heteroatoms. The first-order valence-corrected chi connectivity index (χ1v) is 7.09. The van der Waals surface area contributed by atoms with Crippen molar-refractivity contribution in [3.05, 3.63) is 70.7 Å². The molecular formula is C17H13ClO5. The molecule has 0 aliphatic rings. The summed E-state index contributed by atoms with van der Waals surface area (Å²) in [6.07, 6.45) is -1.33. The molecule has 0 aromatic heterocycles. The second-order valence-corrected chi connectivity index (χ2v) is 5.05. The fourth-order valence-electron chi connectivity index (χ4n) is 1.84. The number of hydrogen-bond donors (Lipinski definition) is 0. The fraction of sp³-hybridized carbons (Fsp3) is 0.118. The Kier molecular flexibility index (Phi) is 5.49. The SMILES string of the molecule is CC(=O)OC(=O)C(OC(=O)c1ccc(Cl)cc1)c1ccccc1. The number of hydrogen-bond acceptors (Lipinski definition) is 5. The van der Waals surface area contributed by atoms with Gasteiger partial charge in [0.1, 0.15) is 0 Å². The van der Waals surface area contributed by atoms with Crippen molar-refractivity contribution in [3.8, 4) is 0 Å². The summed E-state index contributed by atoms with van der Waals surface area (Å²) in [6, 6.07) is 14.3. The second kappa shape index (κ2) is 7.56. The molecule has 0 radical (unpaired) electrons. The summed E-state index contributed by atoms with van der Waals surface area (Å²) in [5, 5.41) is 0.470. The van der Waals surface area contributed by atoms with E-state index < -0.39 is 24.0 Å². The Hall–Kier alpha value is -2.66. The van der Waals surface area contributed by atoms with E-state index in [1.165, 1.54) is 24.3 Å². The third kappa shape index (κ3) is 4.66. The highest BCUT2D eigenvalue weighted by Crippen LogP contribution is 2.21. The number of benzene rings is 2. The van der Waals surface area contributed by atoms with Crippen molar-refractivity contribution in [2.24, 2.45) is 0 Å². The molecule has 0 saturated carbocycles. The summed E-state index contributed by atoms with van der Waals surface area (Å²) in [5.74, 6) is -2.46.